The fourth-order valence-corrected chi connectivity index (χ4v) is 3.67. The standard InChI is InChI=1S/C13H24N4O2S/c1-8(2)14-7-12-10(4)15-16-13(12)20(18,19)17-9(3)11-5-6-11/h8-9,11,14,17H,5-7H2,1-4H3,(H,15,16). The SMILES string of the molecule is Cc1[nH]nc(S(=O)(=O)NC(C)C2CC2)c1CNC(C)C. The molecule has 7 heteroatoms. The first kappa shape index (κ1) is 15.5. The van der Waals surface area contributed by atoms with Crippen molar-refractivity contribution < 1.29 is 8.42 Å². The van der Waals surface area contributed by atoms with Gasteiger partial charge in [0, 0.05) is 29.9 Å². The van der Waals surface area contributed by atoms with E-state index in [9.17, 15) is 8.42 Å². The van der Waals surface area contributed by atoms with Gasteiger partial charge in [-0.1, -0.05) is 13.8 Å². The quantitative estimate of drug-likeness (QED) is 0.708. The Balaban J connectivity index is 2.17. The number of aryl methyl sites for hydroxylation is 1. The van der Waals surface area contributed by atoms with E-state index in [1.54, 1.807) is 0 Å². The van der Waals surface area contributed by atoms with Gasteiger partial charge in [-0.25, -0.2) is 13.1 Å². The van der Waals surface area contributed by atoms with E-state index in [1.807, 2.05) is 27.7 Å². The van der Waals surface area contributed by atoms with Gasteiger partial charge in [0.25, 0.3) is 10.0 Å². The topological polar surface area (TPSA) is 86.9 Å². The first-order valence-corrected chi connectivity index (χ1v) is 8.59. The van der Waals surface area contributed by atoms with Crippen LogP contribution in [-0.4, -0.2) is 30.7 Å². The second-order valence-electron chi connectivity index (χ2n) is 5.92. The molecule has 0 spiro atoms. The van der Waals surface area contributed by atoms with E-state index >= 15 is 0 Å². The highest BCUT2D eigenvalue weighted by Gasteiger charge is 2.33. The Labute approximate surface area is 120 Å². The van der Waals surface area contributed by atoms with Crippen molar-refractivity contribution in [2.45, 2.75) is 64.2 Å². The molecule has 114 valence electrons. The van der Waals surface area contributed by atoms with E-state index in [0.717, 1.165) is 18.5 Å². The largest absolute Gasteiger partial charge is 0.310 e. The van der Waals surface area contributed by atoms with Crippen LogP contribution in [0.3, 0.4) is 0 Å². The summed E-state index contributed by atoms with van der Waals surface area (Å²) < 4.78 is 27.6. The van der Waals surface area contributed by atoms with Gasteiger partial charge >= 0.3 is 0 Å². The van der Waals surface area contributed by atoms with Crippen molar-refractivity contribution >= 4 is 10.0 Å². The lowest BCUT2D eigenvalue weighted by molar-refractivity contribution is 0.531. The Morgan fingerprint density at radius 3 is 2.55 bits per heavy atom. The molecule has 0 aromatic carbocycles. The third-order valence-electron chi connectivity index (χ3n) is 3.65. The van der Waals surface area contributed by atoms with Crippen LogP contribution in [0.15, 0.2) is 5.03 Å². The van der Waals surface area contributed by atoms with Crippen LogP contribution >= 0.6 is 0 Å². The molecule has 0 saturated heterocycles. The molecular formula is C13H24N4O2S. The maximum Gasteiger partial charge on any atom is 0.260 e. The van der Waals surface area contributed by atoms with Gasteiger partial charge in [0.2, 0.25) is 0 Å². The minimum absolute atomic E-state index is 0.0251. The third kappa shape index (κ3) is 3.59. The maximum absolute atomic E-state index is 12.4. The maximum atomic E-state index is 12.4. The van der Waals surface area contributed by atoms with E-state index in [4.69, 9.17) is 0 Å². The summed E-state index contributed by atoms with van der Waals surface area (Å²) >= 11 is 0. The van der Waals surface area contributed by atoms with Crippen LogP contribution in [0, 0.1) is 12.8 Å². The van der Waals surface area contributed by atoms with Gasteiger partial charge in [-0.15, -0.1) is 0 Å². The number of nitrogens with zero attached hydrogens (tertiary/aromatic N) is 1. The third-order valence-corrected chi connectivity index (χ3v) is 5.18. The van der Waals surface area contributed by atoms with Gasteiger partial charge in [-0.3, -0.25) is 5.10 Å². The molecule has 1 heterocycles. The number of H-pyrrole nitrogens is 1. The predicted octanol–water partition coefficient (Wildman–Crippen LogP) is 1.29. The van der Waals surface area contributed by atoms with Crippen LogP contribution in [0.4, 0.5) is 0 Å². The van der Waals surface area contributed by atoms with Crippen molar-refractivity contribution in [2.24, 2.45) is 5.92 Å². The first-order valence-electron chi connectivity index (χ1n) is 7.11. The van der Waals surface area contributed by atoms with Gasteiger partial charge in [0.15, 0.2) is 5.03 Å². The molecule has 1 aromatic heterocycles. The minimum Gasteiger partial charge on any atom is -0.310 e. The number of aromatic nitrogens is 2. The van der Waals surface area contributed by atoms with E-state index in [2.05, 4.69) is 20.2 Å². The summed E-state index contributed by atoms with van der Waals surface area (Å²) in [6.45, 7) is 8.30. The molecule has 6 nitrogen and oxygen atoms in total. The van der Waals surface area contributed by atoms with Crippen molar-refractivity contribution in [2.75, 3.05) is 0 Å². The number of sulfonamides is 1. The molecule has 0 bridgehead atoms. The van der Waals surface area contributed by atoms with Crippen LogP contribution in [0.1, 0.15) is 44.9 Å². The van der Waals surface area contributed by atoms with Crippen LogP contribution in [0.2, 0.25) is 0 Å². The molecule has 1 fully saturated rings. The zero-order chi connectivity index (χ0) is 14.9. The normalized spacial score (nSPS) is 17.6. The number of hydrogen-bond acceptors (Lipinski definition) is 4. The monoisotopic (exact) mass is 300 g/mol. The minimum atomic E-state index is -3.55. The Morgan fingerprint density at radius 1 is 1.35 bits per heavy atom. The zero-order valence-electron chi connectivity index (χ0n) is 12.5. The van der Waals surface area contributed by atoms with Crippen LogP contribution in [0.5, 0.6) is 0 Å². The summed E-state index contributed by atoms with van der Waals surface area (Å²) in [5.41, 5.74) is 1.51. The fraction of sp³-hybridized carbons (Fsp3) is 0.769. The van der Waals surface area contributed by atoms with E-state index in [-0.39, 0.29) is 11.1 Å². The lowest BCUT2D eigenvalue weighted by atomic mass is 10.2. The highest BCUT2D eigenvalue weighted by molar-refractivity contribution is 7.89. The van der Waals surface area contributed by atoms with E-state index in [0.29, 0.717) is 24.1 Å². The summed E-state index contributed by atoms with van der Waals surface area (Å²) in [4.78, 5) is 0. The van der Waals surface area contributed by atoms with E-state index in [1.165, 1.54) is 0 Å². The Kier molecular flexibility index (Phi) is 4.51. The molecule has 1 saturated carbocycles. The predicted molar refractivity (Wildman–Crippen MR) is 77.8 cm³/mol. The summed E-state index contributed by atoms with van der Waals surface area (Å²) in [6, 6.07) is 0.265. The highest BCUT2D eigenvalue weighted by Crippen LogP contribution is 2.33. The van der Waals surface area contributed by atoms with Crippen molar-refractivity contribution in [3.8, 4) is 0 Å². The molecule has 1 aliphatic carbocycles. The number of aromatic amines is 1. The lowest BCUT2D eigenvalue weighted by Gasteiger charge is -2.14. The number of hydrogen-bond donors (Lipinski definition) is 3. The molecule has 1 unspecified atom stereocenters. The van der Waals surface area contributed by atoms with Gasteiger partial charge in [0.1, 0.15) is 0 Å². The van der Waals surface area contributed by atoms with Gasteiger partial charge < -0.3 is 5.32 Å². The molecule has 20 heavy (non-hydrogen) atoms. The Hall–Kier alpha value is -0.920. The molecule has 1 aliphatic rings. The summed E-state index contributed by atoms with van der Waals surface area (Å²) in [7, 11) is -3.55. The van der Waals surface area contributed by atoms with Gasteiger partial charge in [-0.05, 0) is 32.6 Å². The summed E-state index contributed by atoms with van der Waals surface area (Å²) in [6.07, 6.45) is 2.20. The van der Waals surface area contributed by atoms with Crippen molar-refractivity contribution in [3.63, 3.8) is 0 Å². The van der Waals surface area contributed by atoms with Crippen molar-refractivity contribution in [1.82, 2.24) is 20.2 Å². The first-order chi connectivity index (χ1) is 9.31. The van der Waals surface area contributed by atoms with Crippen LogP contribution in [0.25, 0.3) is 0 Å². The Bertz CT molecular complexity index is 561. The summed E-state index contributed by atoms with van der Waals surface area (Å²) in [5, 5.41) is 10.1. The van der Waals surface area contributed by atoms with Gasteiger partial charge in [-0.2, -0.15) is 5.10 Å². The average Bonchev–Trinajstić information content (AvgIpc) is 3.10. The number of rotatable bonds is 7. The Morgan fingerprint density at radius 2 is 2.00 bits per heavy atom. The highest BCUT2D eigenvalue weighted by atomic mass is 32.2. The molecule has 0 aliphatic heterocycles. The molecule has 0 amide bonds. The molecule has 3 N–H and O–H groups in total. The van der Waals surface area contributed by atoms with E-state index < -0.39 is 10.0 Å². The molecule has 1 aromatic rings. The molecule has 2 rings (SSSR count). The van der Waals surface area contributed by atoms with Crippen LogP contribution in [-0.2, 0) is 16.6 Å². The second-order valence-corrected chi connectivity index (χ2v) is 7.54. The fourth-order valence-electron chi connectivity index (χ4n) is 2.16. The van der Waals surface area contributed by atoms with Crippen molar-refractivity contribution in [3.05, 3.63) is 11.3 Å². The summed E-state index contributed by atoms with van der Waals surface area (Å²) in [5.74, 6) is 0.474. The van der Waals surface area contributed by atoms with Crippen LogP contribution < -0.4 is 10.0 Å². The molecule has 0 radical (unpaired) electrons. The molecule has 1 atom stereocenters. The van der Waals surface area contributed by atoms with Crippen molar-refractivity contribution in [1.29, 1.82) is 0 Å². The smallest absolute Gasteiger partial charge is 0.260 e. The average molecular weight is 300 g/mol. The zero-order valence-corrected chi connectivity index (χ0v) is 13.3. The number of nitrogens with one attached hydrogen (secondary N) is 3. The lowest BCUT2D eigenvalue weighted by Crippen LogP contribution is -2.35. The van der Waals surface area contributed by atoms with Gasteiger partial charge in [0.05, 0.1) is 0 Å². The second kappa shape index (κ2) is 5.83. The molecular weight excluding hydrogens is 276 g/mol.